The molecule has 0 unspecified atom stereocenters. The molecule has 4 aromatic carbocycles. The molecule has 6 rings (SSSR count). The van der Waals surface area contributed by atoms with Crippen molar-refractivity contribution >= 4 is 52.6 Å². The number of hydrogen-bond donors (Lipinski definition) is 6. The first-order valence-electron chi connectivity index (χ1n) is 18.2. The van der Waals surface area contributed by atoms with Gasteiger partial charge in [-0.05, 0) is 89.0 Å². The molecule has 3 amide bonds. The Balaban J connectivity index is 0.999. The van der Waals surface area contributed by atoms with Crippen molar-refractivity contribution in [1.82, 2.24) is 25.6 Å². The number of nitrogens with zero attached hydrogens (tertiary/aromatic N) is 3. The number of nitrogens with one attached hydrogen (secondary N) is 5. The third-order valence-electron chi connectivity index (χ3n) is 9.21. The number of amides is 3. The summed E-state index contributed by atoms with van der Waals surface area (Å²) in [6.07, 6.45) is -3.14. The van der Waals surface area contributed by atoms with E-state index in [-0.39, 0.29) is 25.0 Å². The summed E-state index contributed by atoms with van der Waals surface area (Å²) in [5, 5.41) is 14.8. The molecule has 302 valence electrons. The lowest BCUT2D eigenvalue weighted by molar-refractivity contribution is -0.154. The van der Waals surface area contributed by atoms with Gasteiger partial charge in [-0.3, -0.25) is 14.4 Å². The van der Waals surface area contributed by atoms with Crippen LogP contribution in [0.5, 0.6) is 6.01 Å². The minimum Gasteiger partial charge on any atom is -0.454 e. The average Bonchev–Trinajstić information content (AvgIpc) is 3.99. The molecule has 0 spiro atoms. The Labute approximate surface area is 337 Å². The first-order valence-corrected chi connectivity index (χ1v) is 18.6. The Morgan fingerprint density at radius 3 is 1.95 bits per heavy atom. The molecule has 17 heteroatoms. The van der Waals surface area contributed by atoms with Gasteiger partial charge in [-0.1, -0.05) is 74.0 Å². The van der Waals surface area contributed by atoms with Crippen LogP contribution in [0.1, 0.15) is 48.2 Å². The topological polar surface area (TPSA) is 185 Å². The molecule has 0 radical (unpaired) electrons. The van der Waals surface area contributed by atoms with Gasteiger partial charge in [0.05, 0.1) is 5.54 Å². The van der Waals surface area contributed by atoms with Crippen molar-refractivity contribution in [3.05, 3.63) is 119 Å². The van der Waals surface area contributed by atoms with Crippen molar-refractivity contribution in [2.45, 2.75) is 44.9 Å². The summed E-state index contributed by atoms with van der Waals surface area (Å²) in [6.45, 7) is 2.77. The van der Waals surface area contributed by atoms with E-state index >= 15 is 0 Å². The number of halogens is 4. The van der Waals surface area contributed by atoms with E-state index in [4.69, 9.17) is 22.1 Å². The smallest absolute Gasteiger partial charge is 0.422 e. The Morgan fingerprint density at radius 1 is 0.759 bits per heavy atom. The maximum absolute atomic E-state index is 13.0. The summed E-state index contributed by atoms with van der Waals surface area (Å²) in [5.74, 6) is -2.12. The largest absolute Gasteiger partial charge is 0.454 e. The van der Waals surface area contributed by atoms with Crippen LogP contribution in [0.15, 0.2) is 97.1 Å². The first-order chi connectivity index (χ1) is 27.6. The van der Waals surface area contributed by atoms with Gasteiger partial charge in [0.25, 0.3) is 5.91 Å². The lowest BCUT2D eigenvalue weighted by atomic mass is 9.93. The van der Waals surface area contributed by atoms with E-state index in [0.29, 0.717) is 28.5 Å². The van der Waals surface area contributed by atoms with Gasteiger partial charge in [0, 0.05) is 41.6 Å². The third-order valence-corrected chi connectivity index (χ3v) is 9.46. The summed E-state index contributed by atoms with van der Waals surface area (Å²) in [5.41, 5.74) is 9.59. The number of anilines is 4. The van der Waals surface area contributed by atoms with Crippen LogP contribution < -0.4 is 37.1 Å². The maximum Gasteiger partial charge on any atom is 0.422 e. The van der Waals surface area contributed by atoms with Crippen LogP contribution in [0.2, 0.25) is 5.02 Å². The zero-order valence-electron chi connectivity index (χ0n) is 31.5. The summed E-state index contributed by atoms with van der Waals surface area (Å²) >= 11 is 6.04. The molecule has 0 aliphatic heterocycles. The number of carbonyl (C=O) groups is 3. The van der Waals surface area contributed by atoms with Gasteiger partial charge in [-0.15, -0.1) is 0 Å². The SMILES string of the molecule is CC(C)(CNC(=O)C(=O)Nc1ccc(-c2ccc(CN)cc2)cc1)CNC(=O)c1ccc(Nc2nc(NC3(c4ccc(Cl)cc4)CC3)nc(OCC(F)(F)F)n2)cc1. The van der Waals surface area contributed by atoms with Crippen molar-refractivity contribution in [2.24, 2.45) is 11.1 Å². The van der Waals surface area contributed by atoms with Crippen molar-refractivity contribution < 1.29 is 32.3 Å². The molecule has 0 saturated heterocycles. The number of nitrogens with two attached hydrogens (primary N) is 1. The van der Waals surface area contributed by atoms with Crippen LogP contribution in [0, 0.1) is 5.41 Å². The van der Waals surface area contributed by atoms with Crippen LogP contribution in [0.25, 0.3) is 11.1 Å². The first kappa shape index (κ1) is 41.4. The lowest BCUT2D eigenvalue weighted by Crippen LogP contribution is -2.44. The minimum absolute atomic E-state index is 0.00812. The van der Waals surface area contributed by atoms with Crippen LogP contribution in [-0.2, 0) is 21.7 Å². The van der Waals surface area contributed by atoms with E-state index < -0.39 is 47.5 Å². The molecular weight excluding hydrogens is 775 g/mol. The highest BCUT2D eigenvalue weighted by Crippen LogP contribution is 2.48. The average molecular weight is 816 g/mol. The van der Waals surface area contributed by atoms with Gasteiger partial charge in [0.2, 0.25) is 11.9 Å². The van der Waals surface area contributed by atoms with E-state index in [1.54, 1.807) is 48.5 Å². The molecule has 0 atom stereocenters. The van der Waals surface area contributed by atoms with Gasteiger partial charge in [-0.25, -0.2) is 0 Å². The normalized spacial score (nSPS) is 13.2. The van der Waals surface area contributed by atoms with Crippen LogP contribution in [-0.4, -0.2) is 58.5 Å². The second-order valence-corrected chi connectivity index (χ2v) is 15.0. The van der Waals surface area contributed by atoms with Gasteiger partial charge in [0.15, 0.2) is 6.61 Å². The predicted molar refractivity (Wildman–Crippen MR) is 215 cm³/mol. The fourth-order valence-electron chi connectivity index (χ4n) is 5.76. The number of aromatic nitrogens is 3. The summed E-state index contributed by atoms with van der Waals surface area (Å²) < 4.78 is 43.8. The monoisotopic (exact) mass is 815 g/mol. The van der Waals surface area contributed by atoms with E-state index in [1.165, 1.54) is 0 Å². The third kappa shape index (κ3) is 11.4. The minimum atomic E-state index is -4.61. The van der Waals surface area contributed by atoms with Crippen LogP contribution in [0.4, 0.5) is 36.4 Å². The van der Waals surface area contributed by atoms with Gasteiger partial charge in [0.1, 0.15) is 0 Å². The molecule has 5 aromatic rings. The second-order valence-electron chi connectivity index (χ2n) is 14.5. The lowest BCUT2D eigenvalue weighted by Gasteiger charge is -2.25. The van der Waals surface area contributed by atoms with Gasteiger partial charge in [-0.2, -0.15) is 28.1 Å². The molecule has 1 saturated carbocycles. The van der Waals surface area contributed by atoms with Crippen molar-refractivity contribution in [3.63, 3.8) is 0 Å². The fourth-order valence-corrected chi connectivity index (χ4v) is 5.88. The van der Waals surface area contributed by atoms with E-state index in [1.807, 2.05) is 62.4 Å². The van der Waals surface area contributed by atoms with Gasteiger partial charge < -0.3 is 37.1 Å². The highest BCUT2D eigenvalue weighted by atomic mass is 35.5. The molecular formula is C41H41ClF3N9O4. The van der Waals surface area contributed by atoms with Crippen LogP contribution >= 0.6 is 11.6 Å². The number of hydrogen-bond acceptors (Lipinski definition) is 10. The number of rotatable bonds is 15. The molecule has 13 nitrogen and oxygen atoms in total. The van der Waals surface area contributed by atoms with Crippen LogP contribution in [0.3, 0.4) is 0 Å². The zero-order valence-corrected chi connectivity index (χ0v) is 32.3. The number of alkyl halides is 3. The maximum atomic E-state index is 13.0. The predicted octanol–water partition coefficient (Wildman–Crippen LogP) is 6.95. The Bertz CT molecular complexity index is 2230. The van der Waals surface area contributed by atoms with Crippen molar-refractivity contribution in [1.29, 1.82) is 0 Å². The Morgan fingerprint density at radius 2 is 1.34 bits per heavy atom. The highest BCUT2D eigenvalue weighted by Gasteiger charge is 2.45. The summed E-state index contributed by atoms with van der Waals surface area (Å²) in [7, 11) is 0. The molecule has 1 fully saturated rings. The van der Waals surface area contributed by atoms with E-state index in [9.17, 15) is 27.6 Å². The summed E-state index contributed by atoms with van der Waals surface area (Å²) in [6, 6.07) is 27.8. The molecule has 7 N–H and O–H groups in total. The molecule has 0 bridgehead atoms. The fraction of sp³-hybridized carbons (Fsp3) is 0.268. The highest BCUT2D eigenvalue weighted by molar-refractivity contribution is 6.39. The Kier molecular flexibility index (Phi) is 12.5. The van der Waals surface area contributed by atoms with E-state index in [2.05, 4.69) is 41.5 Å². The zero-order chi connectivity index (χ0) is 41.5. The molecule has 1 heterocycles. The van der Waals surface area contributed by atoms with Crippen molar-refractivity contribution in [3.8, 4) is 17.1 Å². The number of ether oxygens (including phenoxy) is 1. The standard InChI is InChI=1S/C41H41ClF3N9O4/c1-39(2,23-48-34(56)35(57)49-31-15-7-27(8-16-31)26-5-3-25(21-46)4-6-26)22-47-33(55)28-9-17-32(18-10-28)50-36-51-37(53-38(52-36)58-24-41(43,44)45)54-40(19-20-40)29-11-13-30(42)14-12-29/h3-18H,19-24,46H2,1-2H3,(H,47,55)(H,48,56)(H,49,57)(H2,50,51,52,53,54). The number of carbonyl (C=O) groups excluding carboxylic acids is 3. The number of benzene rings is 4. The molecule has 1 aliphatic carbocycles. The quantitative estimate of drug-likeness (QED) is 0.0605. The molecule has 1 aliphatic rings. The van der Waals surface area contributed by atoms with Crippen molar-refractivity contribution in [2.75, 3.05) is 35.6 Å². The second kappa shape index (κ2) is 17.5. The summed E-state index contributed by atoms with van der Waals surface area (Å²) in [4.78, 5) is 50.7. The molecule has 1 aromatic heterocycles. The van der Waals surface area contributed by atoms with Gasteiger partial charge >= 0.3 is 24.0 Å². The molecule has 58 heavy (non-hydrogen) atoms. The van der Waals surface area contributed by atoms with E-state index in [0.717, 1.165) is 35.1 Å². The Hall–Kier alpha value is -6.26.